The Morgan fingerprint density at radius 1 is 0.744 bits per heavy atom. The maximum Gasteiger partial charge on any atom is 0.573 e. The summed E-state index contributed by atoms with van der Waals surface area (Å²) >= 11 is 0. The summed E-state index contributed by atoms with van der Waals surface area (Å²) in [5.41, 5.74) is 1.98. The molecule has 1 aliphatic heterocycles. The molecule has 0 bridgehead atoms. The third-order valence-corrected chi connectivity index (χ3v) is 5.92. The predicted molar refractivity (Wildman–Crippen MR) is 142 cm³/mol. The van der Waals surface area contributed by atoms with E-state index in [4.69, 9.17) is 19.3 Å². The molecule has 1 unspecified atom stereocenters. The lowest BCUT2D eigenvalue weighted by molar-refractivity contribution is -0.275. The molecule has 230 valence electrons. The maximum atomic E-state index is 12.2. The molecule has 2 heterocycles. The molecule has 13 heteroatoms. The highest BCUT2D eigenvalue weighted by atomic mass is 19.4. The number of alkyl halides is 6. The Hall–Kier alpha value is -4.23. The standard InChI is InChI=1S/C22H20F3NO4.C8H7F3O2/c23-22(24,25)30-17-7-4-15(5-8-17)14-28-20-11-6-16-13-18(9-10-19(16)26-20)29-21-3-1-2-12-27-21;9-8(10,11)13-7-3-1-6(5-12)2-4-7/h4-11,13,21H,1-3,12,14H2;1-4,12H,5H2. The minimum atomic E-state index is -4.71. The lowest BCUT2D eigenvalue weighted by Gasteiger charge is -2.23. The Labute approximate surface area is 242 Å². The molecular formula is C30H27F6NO6. The van der Waals surface area contributed by atoms with Gasteiger partial charge in [0.15, 0.2) is 6.29 Å². The minimum absolute atomic E-state index is 0.172. The Kier molecular flexibility index (Phi) is 10.5. The lowest BCUT2D eigenvalue weighted by Crippen LogP contribution is -2.24. The van der Waals surface area contributed by atoms with Crippen LogP contribution in [0.15, 0.2) is 78.9 Å². The fourth-order valence-corrected chi connectivity index (χ4v) is 3.94. The molecule has 0 amide bonds. The number of benzene rings is 3. The Morgan fingerprint density at radius 3 is 1.91 bits per heavy atom. The predicted octanol–water partition coefficient (Wildman–Crippen LogP) is 7.70. The van der Waals surface area contributed by atoms with Crippen molar-refractivity contribution < 1.29 is 55.1 Å². The number of aliphatic hydroxyl groups excluding tert-OH is 1. The van der Waals surface area contributed by atoms with Gasteiger partial charge in [-0.3, -0.25) is 0 Å². The topological polar surface area (TPSA) is 79.3 Å². The molecular weight excluding hydrogens is 584 g/mol. The number of fused-ring (bicyclic) bond motifs is 1. The molecule has 1 atom stereocenters. The van der Waals surface area contributed by atoms with Crippen molar-refractivity contribution in [2.24, 2.45) is 0 Å². The summed E-state index contributed by atoms with van der Waals surface area (Å²) < 4.78 is 96.2. The summed E-state index contributed by atoms with van der Waals surface area (Å²) in [6.45, 7) is 0.690. The van der Waals surface area contributed by atoms with Crippen molar-refractivity contribution in [1.82, 2.24) is 4.98 Å². The normalized spacial score (nSPS) is 15.3. The average molecular weight is 612 g/mol. The van der Waals surface area contributed by atoms with Crippen molar-refractivity contribution in [2.45, 2.75) is 51.5 Å². The van der Waals surface area contributed by atoms with Crippen molar-refractivity contribution in [2.75, 3.05) is 6.61 Å². The van der Waals surface area contributed by atoms with E-state index in [9.17, 15) is 26.3 Å². The van der Waals surface area contributed by atoms with E-state index in [2.05, 4.69) is 14.5 Å². The highest BCUT2D eigenvalue weighted by Gasteiger charge is 2.31. The lowest BCUT2D eigenvalue weighted by atomic mass is 10.2. The van der Waals surface area contributed by atoms with Crippen LogP contribution in [0.3, 0.4) is 0 Å². The Bertz CT molecular complexity index is 1440. The van der Waals surface area contributed by atoms with Gasteiger partial charge in [-0.15, -0.1) is 26.3 Å². The quantitative estimate of drug-likeness (QED) is 0.205. The monoisotopic (exact) mass is 611 g/mol. The number of ether oxygens (including phenoxy) is 5. The van der Waals surface area contributed by atoms with E-state index in [1.165, 1.54) is 36.4 Å². The molecule has 0 spiro atoms. The van der Waals surface area contributed by atoms with Gasteiger partial charge in [-0.05, 0) is 72.5 Å². The molecule has 1 fully saturated rings. The number of nitrogens with zero attached hydrogens (tertiary/aromatic N) is 1. The summed E-state index contributed by atoms with van der Waals surface area (Å²) in [5, 5.41) is 9.50. The van der Waals surface area contributed by atoms with E-state index < -0.39 is 12.7 Å². The number of aromatic nitrogens is 1. The zero-order chi connectivity index (χ0) is 30.9. The minimum Gasteiger partial charge on any atom is -0.473 e. The smallest absolute Gasteiger partial charge is 0.473 e. The fraction of sp³-hybridized carbons (Fsp3) is 0.300. The molecule has 0 aliphatic carbocycles. The molecule has 1 aliphatic rings. The number of hydrogen-bond acceptors (Lipinski definition) is 7. The molecule has 0 saturated carbocycles. The maximum absolute atomic E-state index is 12.2. The van der Waals surface area contributed by atoms with Crippen LogP contribution in [0.2, 0.25) is 0 Å². The molecule has 5 rings (SSSR count). The van der Waals surface area contributed by atoms with Crippen molar-refractivity contribution >= 4 is 10.9 Å². The summed E-state index contributed by atoms with van der Waals surface area (Å²) in [5.74, 6) is 0.588. The van der Waals surface area contributed by atoms with Crippen LogP contribution in [-0.4, -0.2) is 35.7 Å². The summed E-state index contributed by atoms with van der Waals surface area (Å²) in [4.78, 5) is 4.46. The highest BCUT2D eigenvalue weighted by molar-refractivity contribution is 5.80. The van der Waals surface area contributed by atoms with E-state index in [-0.39, 0.29) is 31.0 Å². The van der Waals surface area contributed by atoms with Crippen LogP contribution >= 0.6 is 0 Å². The van der Waals surface area contributed by atoms with Gasteiger partial charge >= 0.3 is 12.7 Å². The van der Waals surface area contributed by atoms with E-state index >= 15 is 0 Å². The number of rotatable bonds is 8. The number of pyridine rings is 1. The van der Waals surface area contributed by atoms with Crippen LogP contribution in [0.5, 0.6) is 23.1 Å². The van der Waals surface area contributed by atoms with Gasteiger partial charge in [-0.1, -0.05) is 24.3 Å². The van der Waals surface area contributed by atoms with Crippen LogP contribution < -0.4 is 18.9 Å². The molecule has 1 N–H and O–H groups in total. The Morgan fingerprint density at radius 2 is 1.35 bits per heavy atom. The average Bonchev–Trinajstić information content (AvgIpc) is 2.96. The zero-order valence-corrected chi connectivity index (χ0v) is 22.5. The molecule has 1 saturated heterocycles. The molecule has 7 nitrogen and oxygen atoms in total. The molecule has 4 aromatic rings. The third kappa shape index (κ3) is 10.8. The van der Waals surface area contributed by atoms with E-state index in [0.717, 1.165) is 54.7 Å². The zero-order valence-electron chi connectivity index (χ0n) is 22.5. The summed E-state index contributed by atoms with van der Waals surface area (Å²) in [6.07, 6.45) is -6.54. The number of hydrogen-bond donors (Lipinski definition) is 1. The van der Waals surface area contributed by atoms with E-state index in [0.29, 0.717) is 17.0 Å². The first-order chi connectivity index (χ1) is 20.5. The number of halogens is 6. The van der Waals surface area contributed by atoms with Gasteiger partial charge in [-0.25, -0.2) is 4.98 Å². The van der Waals surface area contributed by atoms with Gasteiger partial charge in [0, 0.05) is 17.9 Å². The van der Waals surface area contributed by atoms with Crippen LogP contribution in [0.25, 0.3) is 10.9 Å². The Balaban J connectivity index is 0.000000273. The van der Waals surface area contributed by atoms with Gasteiger partial charge in [0.25, 0.3) is 0 Å². The SMILES string of the molecule is FC(F)(F)Oc1ccc(COc2ccc3cc(OC4CCCCO4)ccc3n2)cc1.OCc1ccc(OC(F)(F)F)cc1. The van der Waals surface area contributed by atoms with Gasteiger partial charge < -0.3 is 28.8 Å². The van der Waals surface area contributed by atoms with Crippen molar-refractivity contribution in [1.29, 1.82) is 0 Å². The van der Waals surface area contributed by atoms with Crippen LogP contribution in [0.1, 0.15) is 30.4 Å². The first-order valence-electron chi connectivity index (χ1n) is 13.1. The van der Waals surface area contributed by atoms with Gasteiger partial charge in [0.2, 0.25) is 5.88 Å². The van der Waals surface area contributed by atoms with E-state index in [1.54, 1.807) is 6.07 Å². The second-order valence-electron chi connectivity index (χ2n) is 9.25. The van der Waals surface area contributed by atoms with Crippen LogP contribution in [-0.2, 0) is 18.0 Å². The van der Waals surface area contributed by atoms with Crippen molar-refractivity contribution in [3.8, 4) is 23.1 Å². The summed E-state index contributed by atoms with van der Waals surface area (Å²) in [7, 11) is 0. The fourth-order valence-electron chi connectivity index (χ4n) is 3.94. The van der Waals surface area contributed by atoms with Gasteiger partial charge in [0.1, 0.15) is 23.9 Å². The van der Waals surface area contributed by atoms with E-state index in [1.807, 2.05) is 24.3 Å². The first kappa shape index (κ1) is 31.7. The highest BCUT2D eigenvalue weighted by Crippen LogP contribution is 2.26. The molecule has 43 heavy (non-hydrogen) atoms. The summed E-state index contributed by atoms with van der Waals surface area (Å²) in [6, 6.07) is 19.8. The first-order valence-corrected chi connectivity index (χ1v) is 13.1. The second-order valence-corrected chi connectivity index (χ2v) is 9.25. The van der Waals surface area contributed by atoms with Crippen molar-refractivity contribution in [3.63, 3.8) is 0 Å². The molecule has 1 aromatic heterocycles. The number of aliphatic hydroxyl groups is 1. The van der Waals surface area contributed by atoms with Gasteiger partial charge in [-0.2, -0.15) is 0 Å². The largest absolute Gasteiger partial charge is 0.573 e. The second kappa shape index (κ2) is 14.3. The third-order valence-electron chi connectivity index (χ3n) is 5.92. The van der Waals surface area contributed by atoms with Gasteiger partial charge in [0.05, 0.1) is 18.7 Å². The van der Waals surface area contributed by atoms with Crippen LogP contribution in [0.4, 0.5) is 26.3 Å². The molecule has 3 aromatic carbocycles. The molecule has 0 radical (unpaired) electrons. The van der Waals surface area contributed by atoms with Crippen molar-refractivity contribution in [3.05, 3.63) is 90.0 Å². The van der Waals surface area contributed by atoms with Crippen LogP contribution in [0, 0.1) is 0 Å².